The predicted molar refractivity (Wildman–Crippen MR) is 86.3 cm³/mol. The van der Waals surface area contributed by atoms with E-state index in [2.05, 4.69) is 19.9 Å². The van der Waals surface area contributed by atoms with Crippen molar-refractivity contribution in [3.63, 3.8) is 0 Å². The van der Waals surface area contributed by atoms with Gasteiger partial charge in [-0.1, -0.05) is 12.1 Å². The second-order valence-electron chi connectivity index (χ2n) is 5.28. The van der Waals surface area contributed by atoms with Crippen molar-refractivity contribution in [1.29, 1.82) is 0 Å². The molecule has 0 atom stereocenters. The summed E-state index contributed by atoms with van der Waals surface area (Å²) in [5.41, 5.74) is 3.84. The summed E-state index contributed by atoms with van der Waals surface area (Å²) < 4.78 is 13.0. The van der Waals surface area contributed by atoms with Crippen LogP contribution in [0.15, 0.2) is 61.2 Å². The number of hydrogen-bond acceptors (Lipinski definition) is 3. The van der Waals surface area contributed by atoms with Gasteiger partial charge in [-0.25, -0.2) is 14.4 Å². The molecule has 0 saturated heterocycles. The number of nitrogens with one attached hydrogen (secondary N) is 1. The smallest absolute Gasteiger partial charge is 0.133 e. The van der Waals surface area contributed by atoms with E-state index in [9.17, 15) is 4.39 Å². The summed E-state index contributed by atoms with van der Waals surface area (Å²) in [7, 11) is 0. The largest absolute Gasteiger partial charge is 0.360 e. The number of fused-ring (bicyclic) bond motifs is 1. The number of pyridine rings is 1. The van der Waals surface area contributed by atoms with Crippen molar-refractivity contribution in [2.75, 3.05) is 0 Å². The Morgan fingerprint density at radius 2 is 1.87 bits per heavy atom. The molecule has 0 aliphatic carbocycles. The highest BCUT2D eigenvalue weighted by atomic mass is 19.1. The van der Waals surface area contributed by atoms with Crippen LogP contribution < -0.4 is 0 Å². The minimum atomic E-state index is -0.241. The normalized spacial score (nSPS) is 11.0. The molecule has 4 rings (SSSR count). The molecule has 0 bridgehead atoms. The maximum Gasteiger partial charge on any atom is 0.133 e. The fraction of sp³-hybridized carbons (Fsp3) is 0.0556. The van der Waals surface area contributed by atoms with Crippen molar-refractivity contribution in [3.8, 4) is 11.3 Å². The van der Waals surface area contributed by atoms with Crippen LogP contribution in [0.4, 0.5) is 4.39 Å². The van der Waals surface area contributed by atoms with E-state index >= 15 is 0 Å². The zero-order valence-corrected chi connectivity index (χ0v) is 12.2. The minimum absolute atomic E-state index is 0.241. The van der Waals surface area contributed by atoms with Gasteiger partial charge in [0, 0.05) is 47.7 Å². The number of aromatic nitrogens is 4. The molecule has 0 radical (unpaired) electrons. The van der Waals surface area contributed by atoms with Crippen molar-refractivity contribution < 1.29 is 4.39 Å². The Labute approximate surface area is 132 Å². The molecule has 0 saturated carbocycles. The lowest BCUT2D eigenvalue weighted by molar-refractivity contribution is 0.627. The van der Waals surface area contributed by atoms with Crippen LogP contribution >= 0.6 is 0 Å². The number of aromatic amines is 1. The lowest BCUT2D eigenvalue weighted by Crippen LogP contribution is -1.97. The highest BCUT2D eigenvalue weighted by Gasteiger charge is 2.09. The van der Waals surface area contributed by atoms with Gasteiger partial charge < -0.3 is 4.98 Å². The van der Waals surface area contributed by atoms with Gasteiger partial charge in [0.2, 0.25) is 0 Å². The van der Waals surface area contributed by atoms with Gasteiger partial charge in [-0.3, -0.25) is 4.98 Å². The van der Waals surface area contributed by atoms with Gasteiger partial charge in [-0.05, 0) is 29.8 Å². The fourth-order valence-electron chi connectivity index (χ4n) is 2.59. The lowest BCUT2D eigenvalue weighted by Gasteiger charge is -2.03. The molecule has 3 heterocycles. The van der Waals surface area contributed by atoms with Gasteiger partial charge >= 0.3 is 0 Å². The molecule has 0 fully saturated rings. The average molecular weight is 304 g/mol. The molecule has 0 spiro atoms. The molecule has 5 heteroatoms. The first-order valence-electron chi connectivity index (χ1n) is 7.27. The Bertz CT molecular complexity index is 960. The number of rotatable bonds is 3. The molecule has 3 aromatic heterocycles. The molecule has 1 aromatic carbocycles. The molecule has 0 unspecified atom stereocenters. The van der Waals surface area contributed by atoms with Gasteiger partial charge in [-0.15, -0.1) is 0 Å². The van der Waals surface area contributed by atoms with E-state index in [1.807, 2.05) is 24.5 Å². The molecule has 4 aromatic rings. The summed E-state index contributed by atoms with van der Waals surface area (Å²) in [4.78, 5) is 16.3. The summed E-state index contributed by atoms with van der Waals surface area (Å²) in [5, 5.41) is 1.03. The Hall–Kier alpha value is -3.08. The van der Waals surface area contributed by atoms with Crippen LogP contribution in [0.2, 0.25) is 0 Å². The highest BCUT2D eigenvalue weighted by Crippen LogP contribution is 2.26. The van der Waals surface area contributed by atoms with E-state index in [1.54, 1.807) is 24.5 Å². The number of H-pyrrole nitrogens is 1. The van der Waals surface area contributed by atoms with E-state index < -0.39 is 0 Å². The molecule has 0 amide bonds. The standard InChI is InChI=1S/C18H13FN4/c19-13-3-1-12(2-4-13)9-18-21-8-6-17(23-18)15-11-22-16-5-7-20-10-14(15)16/h1-8,10-11,22H,9H2. The predicted octanol–water partition coefficient (Wildman–Crippen LogP) is 3.75. The summed E-state index contributed by atoms with van der Waals surface area (Å²) >= 11 is 0. The highest BCUT2D eigenvalue weighted by molar-refractivity contribution is 5.93. The van der Waals surface area contributed by atoms with Gasteiger partial charge in [0.15, 0.2) is 0 Å². The number of nitrogens with zero attached hydrogens (tertiary/aromatic N) is 3. The summed E-state index contributed by atoms with van der Waals surface area (Å²) in [5.74, 6) is 0.460. The molecule has 112 valence electrons. The van der Waals surface area contributed by atoms with E-state index in [-0.39, 0.29) is 5.82 Å². The van der Waals surface area contributed by atoms with Crippen LogP contribution in [0.25, 0.3) is 22.2 Å². The molecule has 1 N–H and O–H groups in total. The van der Waals surface area contributed by atoms with Crippen LogP contribution in [-0.4, -0.2) is 19.9 Å². The Morgan fingerprint density at radius 3 is 2.74 bits per heavy atom. The second kappa shape index (κ2) is 5.61. The second-order valence-corrected chi connectivity index (χ2v) is 5.28. The fourth-order valence-corrected chi connectivity index (χ4v) is 2.59. The summed E-state index contributed by atoms with van der Waals surface area (Å²) in [6, 6.07) is 10.2. The maximum absolute atomic E-state index is 13.0. The van der Waals surface area contributed by atoms with Crippen molar-refractivity contribution in [2.24, 2.45) is 0 Å². The zero-order valence-electron chi connectivity index (χ0n) is 12.2. The van der Waals surface area contributed by atoms with E-state index in [4.69, 9.17) is 0 Å². The third-order valence-electron chi connectivity index (χ3n) is 3.74. The zero-order chi connectivity index (χ0) is 15.6. The van der Waals surface area contributed by atoms with Crippen LogP contribution in [0.3, 0.4) is 0 Å². The average Bonchev–Trinajstić information content (AvgIpc) is 3.01. The van der Waals surface area contributed by atoms with E-state index in [0.717, 1.165) is 27.7 Å². The van der Waals surface area contributed by atoms with Crippen LogP contribution in [0.1, 0.15) is 11.4 Å². The lowest BCUT2D eigenvalue weighted by atomic mass is 10.1. The monoisotopic (exact) mass is 304 g/mol. The number of hydrogen-bond donors (Lipinski definition) is 1. The van der Waals surface area contributed by atoms with Gasteiger partial charge in [0.25, 0.3) is 0 Å². The van der Waals surface area contributed by atoms with Crippen molar-refractivity contribution in [1.82, 2.24) is 19.9 Å². The molecule has 0 aliphatic rings. The first-order valence-corrected chi connectivity index (χ1v) is 7.27. The molecular formula is C18H13FN4. The van der Waals surface area contributed by atoms with Crippen LogP contribution in [-0.2, 0) is 6.42 Å². The molecule has 0 aliphatic heterocycles. The summed E-state index contributed by atoms with van der Waals surface area (Å²) in [6.07, 6.45) is 7.81. The third-order valence-corrected chi connectivity index (χ3v) is 3.74. The van der Waals surface area contributed by atoms with Crippen molar-refractivity contribution in [2.45, 2.75) is 6.42 Å². The molecular weight excluding hydrogens is 291 g/mol. The van der Waals surface area contributed by atoms with Crippen molar-refractivity contribution >= 4 is 10.9 Å². The maximum atomic E-state index is 13.0. The van der Waals surface area contributed by atoms with Crippen LogP contribution in [0.5, 0.6) is 0 Å². The Balaban J connectivity index is 1.70. The molecule has 4 nitrogen and oxygen atoms in total. The topological polar surface area (TPSA) is 54.5 Å². The first-order chi connectivity index (χ1) is 11.3. The van der Waals surface area contributed by atoms with E-state index in [0.29, 0.717) is 12.2 Å². The summed E-state index contributed by atoms with van der Waals surface area (Å²) in [6.45, 7) is 0. The van der Waals surface area contributed by atoms with E-state index in [1.165, 1.54) is 12.1 Å². The first kappa shape index (κ1) is 13.6. The quantitative estimate of drug-likeness (QED) is 0.627. The van der Waals surface area contributed by atoms with Crippen molar-refractivity contribution in [3.05, 3.63) is 78.4 Å². The van der Waals surface area contributed by atoms with Gasteiger partial charge in [-0.2, -0.15) is 0 Å². The van der Waals surface area contributed by atoms with Crippen LogP contribution in [0, 0.1) is 5.82 Å². The van der Waals surface area contributed by atoms with Gasteiger partial charge in [0.1, 0.15) is 11.6 Å². The minimum Gasteiger partial charge on any atom is -0.360 e. The third kappa shape index (κ3) is 2.68. The SMILES string of the molecule is Fc1ccc(Cc2nccc(-c3c[nH]c4ccncc34)n2)cc1. The Kier molecular flexibility index (Phi) is 3.31. The number of halogens is 1. The van der Waals surface area contributed by atoms with Gasteiger partial charge in [0.05, 0.1) is 5.69 Å². The number of benzene rings is 1. The molecule has 23 heavy (non-hydrogen) atoms. The Morgan fingerprint density at radius 1 is 1.00 bits per heavy atom.